The lowest BCUT2D eigenvalue weighted by atomic mass is 9.95. The van der Waals surface area contributed by atoms with Crippen LogP contribution in [0.25, 0.3) is 0 Å². The predicted octanol–water partition coefficient (Wildman–Crippen LogP) is 4.37. The molecular weight excluding hydrogens is 220 g/mol. The normalized spacial score (nSPS) is 18.0. The summed E-state index contributed by atoms with van der Waals surface area (Å²) in [6.45, 7) is 4.31. The Hall–Kier alpha value is -1.76. The smallest absolute Gasteiger partial charge is 0.124 e. The molecule has 92 valence electrons. The molecule has 0 radical (unpaired) electrons. The minimum atomic E-state index is 0.209. The van der Waals surface area contributed by atoms with Crippen LogP contribution < -0.4 is 4.74 Å². The topological polar surface area (TPSA) is 9.23 Å². The number of aryl methyl sites for hydroxylation is 3. The van der Waals surface area contributed by atoms with E-state index in [9.17, 15) is 0 Å². The Labute approximate surface area is 108 Å². The standard InChI is InChI=1S/C17H18O/c1-12-10-15-8-9-16(14-6-4-3-5-7-14)18-17(15)11-13(12)2/h3-7,10-11,16H,8-9H2,1-2H3. The number of hydrogen-bond acceptors (Lipinski definition) is 1. The van der Waals surface area contributed by atoms with Crippen LogP contribution in [0, 0.1) is 13.8 Å². The Morgan fingerprint density at radius 1 is 1.00 bits per heavy atom. The van der Waals surface area contributed by atoms with Crippen molar-refractivity contribution in [3.8, 4) is 5.75 Å². The summed E-state index contributed by atoms with van der Waals surface area (Å²) in [6.07, 6.45) is 2.39. The first-order valence-electron chi connectivity index (χ1n) is 6.56. The van der Waals surface area contributed by atoms with E-state index in [1.165, 1.54) is 22.3 Å². The maximum atomic E-state index is 6.15. The number of ether oxygens (including phenoxy) is 1. The van der Waals surface area contributed by atoms with Crippen molar-refractivity contribution in [2.45, 2.75) is 32.8 Å². The van der Waals surface area contributed by atoms with E-state index in [1.807, 2.05) is 6.07 Å². The van der Waals surface area contributed by atoms with E-state index < -0.39 is 0 Å². The van der Waals surface area contributed by atoms with Crippen LogP contribution in [0.2, 0.25) is 0 Å². The molecule has 0 amide bonds. The second kappa shape index (κ2) is 4.49. The van der Waals surface area contributed by atoms with Crippen LogP contribution in [-0.2, 0) is 6.42 Å². The highest BCUT2D eigenvalue weighted by Crippen LogP contribution is 2.36. The van der Waals surface area contributed by atoms with Gasteiger partial charge in [0.25, 0.3) is 0 Å². The fourth-order valence-electron chi connectivity index (χ4n) is 2.56. The molecule has 0 fully saturated rings. The lowest BCUT2D eigenvalue weighted by Gasteiger charge is -2.27. The molecule has 18 heavy (non-hydrogen) atoms. The summed E-state index contributed by atoms with van der Waals surface area (Å²) in [5.74, 6) is 1.07. The van der Waals surface area contributed by atoms with Gasteiger partial charge in [-0.3, -0.25) is 0 Å². The Balaban J connectivity index is 1.92. The van der Waals surface area contributed by atoms with Crippen LogP contribution in [0.4, 0.5) is 0 Å². The Bertz CT molecular complexity index is 557. The van der Waals surface area contributed by atoms with Gasteiger partial charge in [-0.25, -0.2) is 0 Å². The van der Waals surface area contributed by atoms with Crippen molar-refractivity contribution in [2.24, 2.45) is 0 Å². The summed E-state index contributed by atoms with van der Waals surface area (Å²) in [5, 5.41) is 0. The van der Waals surface area contributed by atoms with Crippen molar-refractivity contribution in [1.82, 2.24) is 0 Å². The van der Waals surface area contributed by atoms with Gasteiger partial charge in [0, 0.05) is 0 Å². The number of rotatable bonds is 1. The maximum Gasteiger partial charge on any atom is 0.124 e. The first-order chi connectivity index (χ1) is 8.74. The highest BCUT2D eigenvalue weighted by Gasteiger charge is 2.21. The van der Waals surface area contributed by atoms with E-state index in [2.05, 4.69) is 50.2 Å². The molecule has 0 aliphatic carbocycles. The Kier molecular flexibility index (Phi) is 2.83. The van der Waals surface area contributed by atoms with Crippen LogP contribution in [0.15, 0.2) is 42.5 Å². The van der Waals surface area contributed by atoms with E-state index in [4.69, 9.17) is 4.74 Å². The molecule has 2 aromatic carbocycles. The molecule has 1 aliphatic rings. The van der Waals surface area contributed by atoms with Gasteiger partial charge in [0.2, 0.25) is 0 Å². The Morgan fingerprint density at radius 2 is 1.72 bits per heavy atom. The third kappa shape index (κ3) is 2.01. The predicted molar refractivity (Wildman–Crippen MR) is 74.0 cm³/mol. The van der Waals surface area contributed by atoms with Gasteiger partial charge in [-0.05, 0) is 55.0 Å². The number of benzene rings is 2. The van der Waals surface area contributed by atoms with E-state index in [1.54, 1.807) is 0 Å². The summed E-state index contributed by atoms with van der Waals surface area (Å²) in [4.78, 5) is 0. The first-order valence-corrected chi connectivity index (χ1v) is 6.56. The van der Waals surface area contributed by atoms with Gasteiger partial charge in [0.1, 0.15) is 11.9 Å². The van der Waals surface area contributed by atoms with Gasteiger partial charge in [0.15, 0.2) is 0 Å². The first kappa shape index (κ1) is 11.3. The van der Waals surface area contributed by atoms with Crippen LogP contribution in [0.1, 0.15) is 34.8 Å². The summed E-state index contributed by atoms with van der Waals surface area (Å²) >= 11 is 0. The van der Waals surface area contributed by atoms with Crippen molar-refractivity contribution < 1.29 is 4.74 Å². The lowest BCUT2D eigenvalue weighted by Crippen LogP contribution is -2.15. The fourth-order valence-corrected chi connectivity index (χ4v) is 2.56. The molecule has 0 aromatic heterocycles. The zero-order chi connectivity index (χ0) is 12.5. The SMILES string of the molecule is Cc1cc2c(cc1C)OC(c1ccccc1)CC2. The van der Waals surface area contributed by atoms with Gasteiger partial charge >= 0.3 is 0 Å². The molecule has 3 rings (SSSR count). The van der Waals surface area contributed by atoms with Crippen LogP contribution >= 0.6 is 0 Å². The molecule has 1 nitrogen and oxygen atoms in total. The van der Waals surface area contributed by atoms with Crippen molar-refractivity contribution in [1.29, 1.82) is 0 Å². The summed E-state index contributed by atoms with van der Waals surface area (Å²) in [5.41, 5.74) is 5.30. The van der Waals surface area contributed by atoms with Gasteiger partial charge in [-0.2, -0.15) is 0 Å². The molecule has 0 saturated heterocycles. The number of fused-ring (bicyclic) bond motifs is 1. The zero-order valence-corrected chi connectivity index (χ0v) is 10.9. The molecule has 0 bridgehead atoms. The summed E-state index contributed by atoms with van der Waals surface area (Å²) in [7, 11) is 0. The lowest BCUT2D eigenvalue weighted by molar-refractivity contribution is 0.176. The molecule has 0 N–H and O–H groups in total. The van der Waals surface area contributed by atoms with E-state index >= 15 is 0 Å². The average Bonchev–Trinajstić information content (AvgIpc) is 2.41. The molecule has 1 aliphatic heterocycles. The molecular formula is C17H18O. The molecule has 1 heteroatoms. The van der Waals surface area contributed by atoms with Crippen molar-refractivity contribution >= 4 is 0 Å². The maximum absolute atomic E-state index is 6.15. The second-order valence-corrected chi connectivity index (χ2v) is 5.10. The third-order valence-electron chi connectivity index (χ3n) is 3.79. The second-order valence-electron chi connectivity index (χ2n) is 5.10. The van der Waals surface area contributed by atoms with Gasteiger partial charge in [-0.15, -0.1) is 0 Å². The molecule has 1 unspecified atom stereocenters. The van der Waals surface area contributed by atoms with Gasteiger partial charge < -0.3 is 4.74 Å². The number of hydrogen-bond donors (Lipinski definition) is 0. The zero-order valence-electron chi connectivity index (χ0n) is 10.9. The fraction of sp³-hybridized carbons (Fsp3) is 0.294. The Morgan fingerprint density at radius 3 is 2.50 bits per heavy atom. The van der Waals surface area contributed by atoms with Crippen molar-refractivity contribution in [3.05, 3.63) is 64.7 Å². The highest BCUT2D eigenvalue weighted by molar-refractivity contribution is 5.43. The summed E-state index contributed by atoms with van der Waals surface area (Å²) < 4.78 is 6.15. The molecule has 0 spiro atoms. The minimum Gasteiger partial charge on any atom is -0.485 e. The molecule has 2 aromatic rings. The van der Waals surface area contributed by atoms with Gasteiger partial charge in [-0.1, -0.05) is 36.4 Å². The molecule has 0 saturated carbocycles. The largest absolute Gasteiger partial charge is 0.485 e. The molecule has 1 heterocycles. The van der Waals surface area contributed by atoms with Crippen LogP contribution in [-0.4, -0.2) is 0 Å². The van der Waals surface area contributed by atoms with Crippen LogP contribution in [0.3, 0.4) is 0 Å². The molecule has 1 atom stereocenters. The summed E-state index contributed by atoms with van der Waals surface area (Å²) in [6, 6.07) is 15.0. The monoisotopic (exact) mass is 238 g/mol. The van der Waals surface area contributed by atoms with Crippen molar-refractivity contribution in [2.75, 3.05) is 0 Å². The minimum absolute atomic E-state index is 0.209. The van der Waals surface area contributed by atoms with Gasteiger partial charge in [0.05, 0.1) is 0 Å². The average molecular weight is 238 g/mol. The highest BCUT2D eigenvalue weighted by atomic mass is 16.5. The van der Waals surface area contributed by atoms with E-state index in [0.29, 0.717) is 0 Å². The quantitative estimate of drug-likeness (QED) is 0.716. The third-order valence-corrected chi connectivity index (χ3v) is 3.79. The van der Waals surface area contributed by atoms with Crippen LogP contribution in [0.5, 0.6) is 5.75 Å². The van der Waals surface area contributed by atoms with E-state index in [-0.39, 0.29) is 6.10 Å². The van der Waals surface area contributed by atoms with Crippen molar-refractivity contribution in [3.63, 3.8) is 0 Å². The van der Waals surface area contributed by atoms with E-state index in [0.717, 1.165) is 18.6 Å².